The lowest BCUT2D eigenvalue weighted by molar-refractivity contribution is 0.0582. The van der Waals surface area contributed by atoms with Gasteiger partial charge in [0.05, 0.1) is 0 Å². The minimum absolute atomic E-state index is 0.00604. The summed E-state index contributed by atoms with van der Waals surface area (Å²) in [6.07, 6.45) is 6.01. The second-order valence-corrected chi connectivity index (χ2v) is 9.86. The Labute approximate surface area is 203 Å². The van der Waals surface area contributed by atoms with Crippen molar-refractivity contribution in [1.82, 2.24) is 19.6 Å². The van der Waals surface area contributed by atoms with Crippen LogP contribution in [0, 0.1) is 12.8 Å². The van der Waals surface area contributed by atoms with Gasteiger partial charge in [0.2, 0.25) is 0 Å². The summed E-state index contributed by atoms with van der Waals surface area (Å²) in [7, 11) is 3.80. The average Bonchev–Trinajstić information content (AvgIpc) is 3.49. The molecule has 0 N–H and O–H groups in total. The third-order valence-corrected chi connectivity index (χ3v) is 7.34. The van der Waals surface area contributed by atoms with Crippen molar-refractivity contribution < 1.29 is 9.21 Å². The summed E-state index contributed by atoms with van der Waals surface area (Å²) in [5.41, 5.74) is 1.79. The van der Waals surface area contributed by atoms with Crippen LogP contribution in [-0.2, 0) is 13.5 Å². The molecule has 3 aromatic rings. The van der Waals surface area contributed by atoms with Gasteiger partial charge in [-0.1, -0.05) is 37.3 Å². The predicted molar refractivity (Wildman–Crippen MR) is 135 cm³/mol. The Morgan fingerprint density at radius 3 is 2.50 bits per heavy atom. The molecule has 0 aliphatic carbocycles. The maximum absolute atomic E-state index is 13.2. The van der Waals surface area contributed by atoms with Crippen molar-refractivity contribution in [1.29, 1.82) is 0 Å². The van der Waals surface area contributed by atoms with Crippen LogP contribution in [0.3, 0.4) is 0 Å². The van der Waals surface area contributed by atoms with E-state index in [2.05, 4.69) is 47.3 Å². The van der Waals surface area contributed by atoms with E-state index in [0.29, 0.717) is 17.5 Å². The number of carbonyl (C=O) groups is 1. The predicted octanol–water partition coefficient (Wildman–Crippen LogP) is 4.91. The highest BCUT2D eigenvalue weighted by atomic mass is 16.3. The highest BCUT2D eigenvalue weighted by Gasteiger charge is 2.32. The summed E-state index contributed by atoms with van der Waals surface area (Å²) in [6, 6.07) is 16.7. The average molecular weight is 463 g/mol. The largest absolute Gasteiger partial charge is 0.466 e. The van der Waals surface area contributed by atoms with E-state index in [1.165, 1.54) is 5.56 Å². The molecule has 0 saturated carbocycles. The molecule has 1 saturated heterocycles. The van der Waals surface area contributed by atoms with Gasteiger partial charge in [0.1, 0.15) is 17.2 Å². The fraction of sp³-hybridized carbons (Fsp3) is 0.500. The molecule has 1 amide bonds. The fourth-order valence-corrected chi connectivity index (χ4v) is 5.13. The summed E-state index contributed by atoms with van der Waals surface area (Å²) in [5, 5.41) is 4.36. The molecule has 6 heteroatoms. The topological polar surface area (TPSA) is 54.5 Å². The fourth-order valence-electron chi connectivity index (χ4n) is 5.13. The minimum Gasteiger partial charge on any atom is -0.466 e. The molecule has 3 heterocycles. The summed E-state index contributed by atoms with van der Waals surface area (Å²) in [6.45, 7) is 7.48. The number of benzene rings is 1. The number of aryl methyl sites for hydroxylation is 2. The summed E-state index contributed by atoms with van der Waals surface area (Å²) >= 11 is 0. The summed E-state index contributed by atoms with van der Waals surface area (Å²) < 4.78 is 7.51. The van der Waals surface area contributed by atoms with E-state index >= 15 is 0 Å². The van der Waals surface area contributed by atoms with Crippen molar-refractivity contribution >= 4 is 5.91 Å². The Morgan fingerprint density at radius 1 is 1.15 bits per heavy atom. The monoisotopic (exact) mass is 462 g/mol. The third kappa shape index (κ3) is 5.98. The number of furan rings is 1. The van der Waals surface area contributed by atoms with Crippen LogP contribution in [0.25, 0.3) is 0 Å². The highest BCUT2D eigenvalue weighted by molar-refractivity contribution is 5.92. The van der Waals surface area contributed by atoms with Crippen LogP contribution in [-0.4, -0.2) is 58.2 Å². The van der Waals surface area contributed by atoms with Crippen LogP contribution < -0.4 is 0 Å². The number of amides is 1. The zero-order chi connectivity index (χ0) is 24.1. The summed E-state index contributed by atoms with van der Waals surface area (Å²) in [4.78, 5) is 17.8. The molecule has 2 atom stereocenters. The first-order valence-corrected chi connectivity index (χ1v) is 12.5. The number of rotatable bonds is 9. The van der Waals surface area contributed by atoms with E-state index in [0.717, 1.165) is 56.8 Å². The van der Waals surface area contributed by atoms with Gasteiger partial charge >= 0.3 is 0 Å². The molecule has 1 aliphatic heterocycles. The Morgan fingerprint density at radius 2 is 1.88 bits per heavy atom. The van der Waals surface area contributed by atoms with E-state index in [-0.39, 0.29) is 11.9 Å². The van der Waals surface area contributed by atoms with Gasteiger partial charge in [-0.15, -0.1) is 0 Å². The van der Waals surface area contributed by atoms with E-state index in [1.54, 1.807) is 4.68 Å². The number of piperidine rings is 1. The number of aromatic nitrogens is 2. The van der Waals surface area contributed by atoms with Gasteiger partial charge < -0.3 is 14.2 Å². The first-order chi connectivity index (χ1) is 16.4. The lowest BCUT2D eigenvalue weighted by Crippen LogP contribution is -2.47. The second-order valence-electron chi connectivity index (χ2n) is 9.86. The first-order valence-electron chi connectivity index (χ1n) is 12.5. The molecular weight excluding hydrogens is 424 g/mol. The number of likely N-dealkylation sites (N-methyl/N-ethyl adjacent to an activating group) is 1. The molecule has 2 aromatic heterocycles. The van der Waals surface area contributed by atoms with Crippen LogP contribution in [0.1, 0.15) is 59.7 Å². The molecule has 4 rings (SSSR count). The third-order valence-electron chi connectivity index (χ3n) is 7.34. The Bertz CT molecular complexity index is 1050. The molecule has 182 valence electrons. The summed E-state index contributed by atoms with van der Waals surface area (Å²) in [5.74, 6) is 2.98. The van der Waals surface area contributed by atoms with Gasteiger partial charge in [0, 0.05) is 32.3 Å². The van der Waals surface area contributed by atoms with Gasteiger partial charge in [-0.25, -0.2) is 0 Å². The van der Waals surface area contributed by atoms with Crippen molar-refractivity contribution in [3.8, 4) is 0 Å². The zero-order valence-corrected chi connectivity index (χ0v) is 21.0. The standard InChI is InChI=1S/C28H38N4O2/c1-21(27-11-10-22(2)34-27)12-17-32-18-13-24(14-19-32)26(20-23-8-6-5-7-9-23)31(4)28(33)25-15-16-30(3)29-25/h5-11,15-16,21,24,26H,12-14,17-20H2,1-4H3/t21-,26-/m0/s1. The van der Waals surface area contributed by atoms with Crippen molar-refractivity contribution in [2.45, 2.75) is 51.5 Å². The number of likely N-dealkylation sites (tertiary alicyclic amines) is 1. The van der Waals surface area contributed by atoms with Crippen LogP contribution >= 0.6 is 0 Å². The second kappa shape index (κ2) is 11.0. The lowest BCUT2D eigenvalue weighted by Gasteiger charge is -2.40. The van der Waals surface area contributed by atoms with Crippen molar-refractivity contribution in [3.63, 3.8) is 0 Å². The maximum Gasteiger partial charge on any atom is 0.274 e. The van der Waals surface area contributed by atoms with E-state index in [9.17, 15) is 4.79 Å². The molecule has 0 spiro atoms. The van der Waals surface area contributed by atoms with Crippen LogP contribution in [0.4, 0.5) is 0 Å². The van der Waals surface area contributed by atoms with Gasteiger partial charge in [-0.2, -0.15) is 5.10 Å². The Balaban J connectivity index is 1.38. The molecule has 6 nitrogen and oxygen atoms in total. The van der Waals surface area contributed by atoms with Gasteiger partial charge in [0.25, 0.3) is 5.91 Å². The molecule has 0 radical (unpaired) electrons. The van der Waals surface area contributed by atoms with E-state index in [1.807, 2.05) is 50.3 Å². The van der Waals surface area contributed by atoms with Gasteiger partial charge in [0.15, 0.2) is 0 Å². The Hall–Kier alpha value is -2.86. The van der Waals surface area contributed by atoms with Crippen LogP contribution in [0.2, 0.25) is 0 Å². The number of hydrogen-bond donors (Lipinski definition) is 0. The van der Waals surface area contributed by atoms with E-state index in [4.69, 9.17) is 4.42 Å². The van der Waals surface area contributed by atoms with Crippen LogP contribution in [0.5, 0.6) is 0 Å². The van der Waals surface area contributed by atoms with Gasteiger partial charge in [-0.3, -0.25) is 9.48 Å². The normalized spacial score (nSPS) is 16.9. The van der Waals surface area contributed by atoms with Crippen LogP contribution in [0.15, 0.2) is 59.1 Å². The lowest BCUT2D eigenvalue weighted by atomic mass is 9.84. The zero-order valence-electron chi connectivity index (χ0n) is 21.0. The number of nitrogens with zero attached hydrogens (tertiary/aromatic N) is 4. The molecule has 34 heavy (non-hydrogen) atoms. The van der Waals surface area contributed by atoms with Crippen molar-refractivity contribution in [3.05, 3.63) is 77.5 Å². The molecule has 1 aromatic carbocycles. The van der Waals surface area contributed by atoms with Gasteiger partial charge in [-0.05, 0) is 81.9 Å². The SMILES string of the molecule is Cc1ccc([C@@H](C)CCN2CCC([C@H](Cc3ccccc3)N(C)C(=O)c3ccn(C)n3)CC2)o1. The number of hydrogen-bond acceptors (Lipinski definition) is 4. The first kappa shape index (κ1) is 24.3. The molecule has 1 aliphatic rings. The Kier molecular flexibility index (Phi) is 7.88. The molecule has 1 fully saturated rings. The number of carbonyl (C=O) groups excluding carboxylic acids is 1. The minimum atomic E-state index is 0.00604. The molecule has 0 bridgehead atoms. The van der Waals surface area contributed by atoms with E-state index < -0.39 is 0 Å². The quantitative estimate of drug-likeness (QED) is 0.453. The van der Waals surface area contributed by atoms with Crippen molar-refractivity contribution in [2.75, 3.05) is 26.7 Å². The molecular formula is C28H38N4O2. The van der Waals surface area contributed by atoms with Crippen molar-refractivity contribution in [2.24, 2.45) is 13.0 Å². The highest BCUT2D eigenvalue weighted by Crippen LogP contribution is 2.28. The maximum atomic E-state index is 13.2. The molecule has 0 unspecified atom stereocenters. The smallest absolute Gasteiger partial charge is 0.274 e.